The van der Waals surface area contributed by atoms with Gasteiger partial charge in [0.15, 0.2) is 0 Å². The SMILES string of the molecule is CCC(C(=O)O)C(=O)Nc1ccccc1Br. The molecule has 0 fully saturated rings. The van der Waals surface area contributed by atoms with E-state index in [1.54, 1.807) is 25.1 Å². The van der Waals surface area contributed by atoms with Crippen LogP contribution in [0.1, 0.15) is 13.3 Å². The Hall–Kier alpha value is -1.36. The lowest BCUT2D eigenvalue weighted by Gasteiger charge is -2.11. The van der Waals surface area contributed by atoms with E-state index in [0.717, 1.165) is 4.47 Å². The Kier molecular flexibility index (Phi) is 4.49. The molecule has 0 saturated heterocycles. The number of aliphatic carboxylic acids is 1. The van der Waals surface area contributed by atoms with Crippen molar-refractivity contribution in [3.63, 3.8) is 0 Å². The van der Waals surface area contributed by atoms with Gasteiger partial charge in [0, 0.05) is 4.47 Å². The van der Waals surface area contributed by atoms with Crippen molar-refractivity contribution in [2.75, 3.05) is 5.32 Å². The highest BCUT2D eigenvalue weighted by atomic mass is 79.9. The Morgan fingerprint density at radius 1 is 1.44 bits per heavy atom. The maximum Gasteiger partial charge on any atom is 0.316 e. The van der Waals surface area contributed by atoms with Crippen LogP contribution in [-0.4, -0.2) is 17.0 Å². The van der Waals surface area contributed by atoms with E-state index in [9.17, 15) is 9.59 Å². The van der Waals surface area contributed by atoms with Crippen molar-refractivity contribution in [1.29, 1.82) is 0 Å². The summed E-state index contributed by atoms with van der Waals surface area (Å²) in [5, 5.41) is 11.4. The minimum Gasteiger partial charge on any atom is -0.481 e. The topological polar surface area (TPSA) is 66.4 Å². The molecular formula is C11H12BrNO3. The first kappa shape index (κ1) is 12.7. The van der Waals surface area contributed by atoms with Crippen LogP contribution in [0, 0.1) is 5.92 Å². The van der Waals surface area contributed by atoms with E-state index < -0.39 is 17.8 Å². The van der Waals surface area contributed by atoms with Crippen LogP contribution in [-0.2, 0) is 9.59 Å². The fraction of sp³-hybridized carbons (Fsp3) is 0.273. The van der Waals surface area contributed by atoms with Crippen LogP contribution < -0.4 is 5.32 Å². The average molecular weight is 286 g/mol. The predicted molar refractivity (Wildman–Crippen MR) is 64.2 cm³/mol. The van der Waals surface area contributed by atoms with Crippen LogP contribution in [0.3, 0.4) is 0 Å². The van der Waals surface area contributed by atoms with Gasteiger partial charge in [0.05, 0.1) is 5.69 Å². The van der Waals surface area contributed by atoms with E-state index in [4.69, 9.17) is 5.11 Å². The average Bonchev–Trinajstić information content (AvgIpc) is 2.22. The minimum atomic E-state index is -1.10. The van der Waals surface area contributed by atoms with Gasteiger partial charge in [-0.05, 0) is 34.5 Å². The maximum atomic E-state index is 11.6. The zero-order valence-electron chi connectivity index (χ0n) is 8.74. The molecule has 0 aliphatic carbocycles. The number of amides is 1. The third-order valence-electron chi connectivity index (χ3n) is 2.15. The van der Waals surface area contributed by atoms with Crippen LogP contribution in [0.5, 0.6) is 0 Å². The molecule has 0 aliphatic rings. The van der Waals surface area contributed by atoms with Gasteiger partial charge in [-0.25, -0.2) is 0 Å². The second-order valence-corrected chi connectivity index (χ2v) is 4.12. The number of para-hydroxylation sites is 1. The Labute approximate surface area is 102 Å². The molecule has 1 atom stereocenters. The van der Waals surface area contributed by atoms with Crippen LogP contribution in [0.25, 0.3) is 0 Å². The molecule has 1 amide bonds. The first-order valence-electron chi connectivity index (χ1n) is 4.84. The number of hydrogen-bond donors (Lipinski definition) is 2. The Morgan fingerprint density at radius 3 is 2.56 bits per heavy atom. The molecule has 1 aromatic rings. The zero-order chi connectivity index (χ0) is 12.1. The van der Waals surface area contributed by atoms with Crippen molar-refractivity contribution >= 4 is 33.5 Å². The van der Waals surface area contributed by atoms with Gasteiger partial charge in [-0.3, -0.25) is 9.59 Å². The number of carbonyl (C=O) groups is 2. The summed E-state index contributed by atoms with van der Waals surface area (Å²) in [5.74, 6) is -2.61. The van der Waals surface area contributed by atoms with Crippen molar-refractivity contribution in [3.05, 3.63) is 28.7 Å². The monoisotopic (exact) mass is 285 g/mol. The second-order valence-electron chi connectivity index (χ2n) is 3.27. The van der Waals surface area contributed by atoms with Gasteiger partial charge in [-0.2, -0.15) is 0 Å². The molecule has 2 N–H and O–H groups in total. The highest BCUT2D eigenvalue weighted by molar-refractivity contribution is 9.10. The predicted octanol–water partition coefficient (Wildman–Crippen LogP) is 2.50. The van der Waals surface area contributed by atoms with E-state index in [1.165, 1.54) is 0 Å². The number of benzene rings is 1. The molecular weight excluding hydrogens is 274 g/mol. The third kappa shape index (κ3) is 3.06. The number of carboxylic acid groups (broad SMARTS) is 1. The van der Waals surface area contributed by atoms with Gasteiger partial charge in [0.25, 0.3) is 0 Å². The summed E-state index contributed by atoms with van der Waals surface area (Å²) in [6.07, 6.45) is 0.269. The second kappa shape index (κ2) is 5.65. The van der Waals surface area contributed by atoms with Gasteiger partial charge in [-0.15, -0.1) is 0 Å². The van der Waals surface area contributed by atoms with Gasteiger partial charge in [0.1, 0.15) is 5.92 Å². The summed E-state index contributed by atoms with van der Waals surface area (Å²) < 4.78 is 0.726. The highest BCUT2D eigenvalue weighted by Crippen LogP contribution is 2.22. The zero-order valence-corrected chi connectivity index (χ0v) is 10.3. The lowest BCUT2D eigenvalue weighted by Crippen LogP contribution is -2.29. The molecule has 4 nitrogen and oxygen atoms in total. The largest absolute Gasteiger partial charge is 0.481 e. The molecule has 1 rings (SSSR count). The summed E-state index contributed by atoms with van der Waals surface area (Å²) in [7, 11) is 0. The first-order valence-corrected chi connectivity index (χ1v) is 5.63. The molecule has 5 heteroatoms. The van der Waals surface area contributed by atoms with E-state index >= 15 is 0 Å². The van der Waals surface area contributed by atoms with Crippen molar-refractivity contribution in [1.82, 2.24) is 0 Å². The molecule has 1 unspecified atom stereocenters. The van der Waals surface area contributed by atoms with E-state index in [1.807, 2.05) is 6.07 Å². The molecule has 0 aromatic heterocycles. The fourth-order valence-corrected chi connectivity index (χ4v) is 1.64. The molecule has 86 valence electrons. The third-order valence-corrected chi connectivity index (χ3v) is 2.85. The summed E-state index contributed by atoms with van der Waals surface area (Å²) in [6, 6.07) is 7.06. The molecule has 0 saturated carbocycles. The van der Waals surface area contributed by atoms with Crippen LogP contribution in [0.15, 0.2) is 28.7 Å². The number of nitrogens with one attached hydrogen (secondary N) is 1. The lowest BCUT2D eigenvalue weighted by atomic mass is 10.1. The van der Waals surface area contributed by atoms with Crippen LogP contribution >= 0.6 is 15.9 Å². The number of carboxylic acids is 1. The molecule has 0 bridgehead atoms. The molecule has 0 aliphatic heterocycles. The quantitative estimate of drug-likeness (QED) is 0.836. The van der Waals surface area contributed by atoms with E-state index in [2.05, 4.69) is 21.2 Å². The number of rotatable bonds is 4. The Morgan fingerprint density at radius 2 is 2.06 bits per heavy atom. The van der Waals surface area contributed by atoms with Crippen molar-refractivity contribution < 1.29 is 14.7 Å². The smallest absolute Gasteiger partial charge is 0.316 e. The normalized spacial score (nSPS) is 11.9. The summed E-state index contributed by atoms with van der Waals surface area (Å²) in [4.78, 5) is 22.4. The van der Waals surface area contributed by atoms with Gasteiger partial charge in [0.2, 0.25) is 5.91 Å². The summed E-state index contributed by atoms with van der Waals surface area (Å²) >= 11 is 3.27. The number of anilines is 1. The number of halogens is 1. The van der Waals surface area contributed by atoms with Crippen molar-refractivity contribution in [2.24, 2.45) is 5.92 Å². The summed E-state index contributed by atoms with van der Waals surface area (Å²) in [6.45, 7) is 1.67. The molecule has 16 heavy (non-hydrogen) atoms. The van der Waals surface area contributed by atoms with Crippen molar-refractivity contribution in [2.45, 2.75) is 13.3 Å². The van der Waals surface area contributed by atoms with Gasteiger partial charge in [-0.1, -0.05) is 19.1 Å². The van der Waals surface area contributed by atoms with Gasteiger partial charge < -0.3 is 10.4 Å². The Bertz CT molecular complexity index is 406. The van der Waals surface area contributed by atoms with Crippen LogP contribution in [0.4, 0.5) is 5.69 Å². The number of hydrogen-bond acceptors (Lipinski definition) is 2. The Balaban J connectivity index is 2.78. The molecule has 0 radical (unpaired) electrons. The lowest BCUT2D eigenvalue weighted by molar-refractivity contribution is -0.145. The minimum absolute atomic E-state index is 0.269. The van der Waals surface area contributed by atoms with Crippen molar-refractivity contribution in [3.8, 4) is 0 Å². The van der Waals surface area contributed by atoms with E-state index in [0.29, 0.717) is 5.69 Å². The summed E-state index contributed by atoms with van der Waals surface area (Å²) in [5.41, 5.74) is 0.576. The fourth-order valence-electron chi connectivity index (χ4n) is 1.25. The van der Waals surface area contributed by atoms with Gasteiger partial charge >= 0.3 is 5.97 Å². The van der Waals surface area contributed by atoms with E-state index in [-0.39, 0.29) is 6.42 Å². The standard InChI is InChI=1S/C11H12BrNO3/c1-2-7(11(15)16)10(14)13-9-6-4-3-5-8(9)12/h3-7H,2H2,1H3,(H,13,14)(H,15,16). The first-order chi connectivity index (χ1) is 7.56. The van der Waals surface area contributed by atoms with Crippen LogP contribution in [0.2, 0.25) is 0 Å². The highest BCUT2D eigenvalue weighted by Gasteiger charge is 2.24. The number of carbonyl (C=O) groups excluding carboxylic acids is 1. The molecule has 1 aromatic carbocycles. The molecule has 0 spiro atoms. The molecule has 0 heterocycles. The maximum absolute atomic E-state index is 11.6.